The molecule has 0 saturated carbocycles. The summed E-state index contributed by atoms with van der Waals surface area (Å²) in [6.07, 6.45) is 3.02. The van der Waals surface area contributed by atoms with E-state index in [2.05, 4.69) is 14.7 Å². The Morgan fingerprint density at radius 3 is 2.55 bits per heavy atom. The van der Waals surface area contributed by atoms with Crippen LogP contribution in [0.2, 0.25) is 0 Å². The summed E-state index contributed by atoms with van der Waals surface area (Å²) in [7, 11) is 0. The van der Waals surface area contributed by atoms with Crippen LogP contribution in [0.4, 0.5) is 10.6 Å². The maximum absolute atomic E-state index is 12.8. The highest BCUT2D eigenvalue weighted by molar-refractivity contribution is 8.00. The molecule has 3 aromatic rings. The number of fused-ring (bicyclic) bond motifs is 1. The van der Waals surface area contributed by atoms with Crippen molar-refractivity contribution in [1.29, 1.82) is 0 Å². The lowest BCUT2D eigenvalue weighted by atomic mass is 10.2. The molecule has 1 fully saturated rings. The number of anilines is 1. The Balaban J connectivity index is 1.34. The predicted octanol–water partition coefficient (Wildman–Crippen LogP) is 3.66. The molecule has 1 aliphatic rings. The lowest BCUT2D eigenvalue weighted by Gasteiger charge is -2.34. The van der Waals surface area contributed by atoms with Crippen LogP contribution in [0.25, 0.3) is 10.9 Å². The highest BCUT2D eigenvalue weighted by atomic mass is 32.2. The third-order valence-electron chi connectivity index (χ3n) is 4.96. The standard InChI is InChI=1S/C22H23N5O3S/c1-2-30-22(29)27-13-11-26(12-14-27)21(28)17-8-9-19(24-15-17)25-31-18-7-3-5-16-6-4-10-23-20(16)18/h3-10,15H,2,11-14H2,1H3,(H,24,25). The smallest absolute Gasteiger partial charge is 0.409 e. The molecule has 0 bridgehead atoms. The van der Waals surface area contributed by atoms with Crippen molar-refractivity contribution in [2.45, 2.75) is 11.8 Å². The summed E-state index contributed by atoms with van der Waals surface area (Å²) in [6, 6.07) is 13.5. The van der Waals surface area contributed by atoms with E-state index in [9.17, 15) is 9.59 Å². The molecule has 0 unspecified atom stereocenters. The van der Waals surface area contributed by atoms with Crippen LogP contribution >= 0.6 is 11.9 Å². The number of carbonyl (C=O) groups is 2. The fourth-order valence-corrected chi connectivity index (χ4v) is 4.09. The Labute approximate surface area is 184 Å². The molecule has 3 heterocycles. The molecule has 2 aromatic heterocycles. The Morgan fingerprint density at radius 2 is 1.81 bits per heavy atom. The Kier molecular flexibility index (Phi) is 6.51. The third-order valence-corrected chi connectivity index (χ3v) is 5.83. The summed E-state index contributed by atoms with van der Waals surface area (Å²) < 4.78 is 8.23. The van der Waals surface area contributed by atoms with E-state index >= 15 is 0 Å². The van der Waals surface area contributed by atoms with Gasteiger partial charge in [0.1, 0.15) is 5.82 Å². The van der Waals surface area contributed by atoms with Crippen LogP contribution in [0.3, 0.4) is 0 Å². The van der Waals surface area contributed by atoms with Crippen LogP contribution in [-0.4, -0.2) is 64.6 Å². The van der Waals surface area contributed by atoms with Crippen molar-refractivity contribution in [3.8, 4) is 0 Å². The fourth-order valence-electron chi connectivity index (χ4n) is 3.34. The second-order valence-corrected chi connectivity index (χ2v) is 7.79. The number of para-hydroxylation sites is 1. The fraction of sp³-hybridized carbons (Fsp3) is 0.273. The number of benzene rings is 1. The van der Waals surface area contributed by atoms with Crippen molar-refractivity contribution in [3.05, 3.63) is 60.4 Å². The van der Waals surface area contributed by atoms with Gasteiger partial charge in [-0.3, -0.25) is 9.78 Å². The van der Waals surface area contributed by atoms with Crippen LogP contribution in [0.1, 0.15) is 17.3 Å². The maximum atomic E-state index is 12.8. The molecule has 9 heteroatoms. The maximum Gasteiger partial charge on any atom is 0.409 e. The topological polar surface area (TPSA) is 87.7 Å². The van der Waals surface area contributed by atoms with E-state index in [1.807, 2.05) is 30.3 Å². The van der Waals surface area contributed by atoms with Gasteiger partial charge >= 0.3 is 6.09 Å². The van der Waals surface area contributed by atoms with Gasteiger partial charge in [-0.25, -0.2) is 9.78 Å². The van der Waals surface area contributed by atoms with E-state index in [0.717, 1.165) is 15.8 Å². The summed E-state index contributed by atoms with van der Waals surface area (Å²) >= 11 is 1.43. The summed E-state index contributed by atoms with van der Waals surface area (Å²) in [4.78, 5) is 37.7. The quantitative estimate of drug-likeness (QED) is 0.610. The van der Waals surface area contributed by atoms with Crippen molar-refractivity contribution in [3.63, 3.8) is 0 Å². The number of amides is 2. The molecule has 31 heavy (non-hydrogen) atoms. The van der Waals surface area contributed by atoms with Gasteiger partial charge in [0.2, 0.25) is 0 Å². The van der Waals surface area contributed by atoms with Gasteiger partial charge in [0.05, 0.1) is 22.6 Å². The largest absolute Gasteiger partial charge is 0.450 e. The molecular weight excluding hydrogens is 414 g/mol. The van der Waals surface area contributed by atoms with Crippen LogP contribution < -0.4 is 4.72 Å². The first-order chi connectivity index (χ1) is 15.2. The number of hydrogen-bond donors (Lipinski definition) is 1. The zero-order valence-corrected chi connectivity index (χ0v) is 18.0. The number of carbonyl (C=O) groups excluding carboxylic acids is 2. The van der Waals surface area contributed by atoms with E-state index in [-0.39, 0.29) is 12.0 Å². The van der Waals surface area contributed by atoms with Gasteiger partial charge in [-0.1, -0.05) is 18.2 Å². The second kappa shape index (κ2) is 9.65. The Bertz CT molecular complexity index is 1060. The monoisotopic (exact) mass is 437 g/mol. The number of hydrogen-bond acceptors (Lipinski definition) is 7. The SMILES string of the molecule is CCOC(=O)N1CCN(C(=O)c2ccc(NSc3cccc4cccnc34)nc2)CC1. The Hall–Kier alpha value is -3.33. The summed E-state index contributed by atoms with van der Waals surface area (Å²) in [5, 5.41) is 1.08. The van der Waals surface area contributed by atoms with Gasteiger partial charge in [-0.15, -0.1) is 0 Å². The molecule has 0 radical (unpaired) electrons. The molecule has 1 N–H and O–H groups in total. The summed E-state index contributed by atoms with van der Waals surface area (Å²) in [6.45, 7) is 4.00. The molecular formula is C22H23N5O3S. The van der Waals surface area contributed by atoms with Crippen LogP contribution in [0.15, 0.2) is 59.8 Å². The highest BCUT2D eigenvalue weighted by Crippen LogP contribution is 2.26. The predicted molar refractivity (Wildman–Crippen MR) is 120 cm³/mol. The van der Waals surface area contributed by atoms with E-state index in [1.54, 1.807) is 41.2 Å². The normalized spacial score (nSPS) is 13.8. The molecule has 1 aliphatic heterocycles. The van der Waals surface area contributed by atoms with Gasteiger partial charge in [-0.2, -0.15) is 0 Å². The molecule has 2 amide bonds. The molecule has 1 saturated heterocycles. The van der Waals surface area contributed by atoms with E-state index < -0.39 is 0 Å². The minimum atomic E-state index is -0.328. The van der Waals surface area contributed by atoms with Crippen molar-refractivity contribution in [1.82, 2.24) is 19.8 Å². The minimum Gasteiger partial charge on any atom is -0.450 e. The number of pyridine rings is 2. The summed E-state index contributed by atoms with van der Waals surface area (Å²) in [5.74, 6) is 0.565. The van der Waals surface area contributed by atoms with Crippen molar-refractivity contribution in [2.75, 3.05) is 37.5 Å². The number of ether oxygens (including phenoxy) is 1. The molecule has 0 spiro atoms. The number of nitrogens with zero attached hydrogens (tertiary/aromatic N) is 4. The highest BCUT2D eigenvalue weighted by Gasteiger charge is 2.25. The second-order valence-electron chi connectivity index (χ2n) is 6.95. The first kappa shape index (κ1) is 20.9. The number of rotatable bonds is 5. The van der Waals surface area contributed by atoms with Crippen LogP contribution in [0, 0.1) is 0 Å². The van der Waals surface area contributed by atoms with Crippen LogP contribution in [0.5, 0.6) is 0 Å². The summed E-state index contributed by atoms with van der Waals surface area (Å²) in [5.41, 5.74) is 1.45. The number of aromatic nitrogens is 2. The lowest BCUT2D eigenvalue weighted by Crippen LogP contribution is -2.50. The first-order valence-corrected chi connectivity index (χ1v) is 10.9. The van der Waals surface area contributed by atoms with Gasteiger partial charge in [0.25, 0.3) is 5.91 Å². The Morgan fingerprint density at radius 1 is 1.03 bits per heavy atom. The molecule has 0 aliphatic carbocycles. The van der Waals surface area contributed by atoms with E-state index in [4.69, 9.17) is 4.74 Å². The van der Waals surface area contributed by atoms with Gasteiger partial charge in [-0.05, 0) is 43.1 Å². The van der Waals surface area contributed by atoms with Gasteiger partial charge in [0.15, 0.2) is 0 Å². The molecule has 0 atom stereocenters. The molecule has 1 aromatic carbocycles. The van der Waals surface area contributed by atoms with Gasteiger partial charge in [0, 0.05) is 44.0 Å². The van der Waals surface area contributed by atoms with Crippen LogP contribution in [-0.2, 0) is 4.74 Å². The minimum absolute atomic E-state index is 0.0894. The van der Waals surface area contributed by atoms with E-state index in [1.165, 1.54) is 11.9 Å². The number of piperazine rings is 1. The number of nitrogens with one attached hydrogen (secondary N) is 1. The van der Waals surface area contributed by atoms with Crippen molar-refractivity contribution >= 4 is 40.7 Å². The molecule has 160 valence electrons. The van der Waals surface area contributed by atoms with Crippen molar-refractivity contribution in [2.24, 2.45) is 0 Å². The zero-order chi connectivity index (χ0) is 21.6. The van der Waals surface area contributed by atoms with Gasteiger partial charge < -0.3 is 19.3 Å². The van der Waals surface area contributed by atoms with Crippen molar-refractivity contribution < 1.29 is 14.3 Å². The van der Waals surface area contributed by atoms with E-state index in [0.29, 0.717) is 44.2 Å². The first-order valence-electron chi connectivity index (χ1n) is 10.1. The average Bonchev–Trinajstić information content (AvgIpc) is 2.83. The third kappa shape index (κ3) is 4.88. The average molecular weight is 438 g/mol. The lowest BCUT2D eigenvalue weighted by molar-refractivity contribution is 0.0570. The molecule has 8 nitrogen and oxygen atoms in total. The molecule has 4 rings (SSSR count). The zero-order valence-electron chi connectivity index (χ0n) is 17.2.